The van der Waals surface area contributed by atoms with Gasteiger partial charge >= 0.3 is 11.9 Å². The normalized spacial score (nSPS) is 13.6. The van der Waals surface area contributed by atoms with Crippen molar-refractivity contribution in [3.05, 3.63) is 84.2 Å². The summed E-state index contributed by atoms with van der Waals surface area (Å²) in [7, 11) is 0. The van der Waals surface area contributed by atoms with Gasteiger partial charge in [0.2, 0.25) is 0 Å². The summed E-state index contributed by atoms with van der Waals surface area (Å²) in [6, 6.07) is 21.6. The minimum absolute atomic E-state index is 0.119. The number of benzene rings is 2. The van der Waals surface area contributed by atoms with Crippen molar-refractivity contribution < 1.29 is 24.2 Å². The summed E-state index contributed by atoms with van der Waals surface area (Å²) < 4.78 is 5.21. The predicted octanol–water partition coefficient (Wildman–Crippen LogP) is 5.19. The molecule has 3 aromatic rings. The van der Waals surface area contributed by atoms with E-state index in [4.69, 9.17) is 4.74 Å². The van der Waals surface area contributed by atoms with Gasteiger partial charge in [0.15, 0.2) is 0 Å². The van der Waals surface area contributed by atoms with Crippen LogP contribution in [0.5, 0.6) is 0 Å². The van der Waals surface area contributed by atoms with Crippen molar-refractivity contribution in [3.63, 3.8) is 0 Å². The van der Waals surface area contributed by atoms with Gasteiger partial charge in [0, 0.05) is 18.3 Å². The second-order valence-electron chi connectivity index (χ2n) is 8.58. The molecule has 1 heterocycles. The van der Waals surface area contributed by atoms with E-state index in [1.54, 1.807) is 20.0 Å². The van der Waals surface area contributed by atoms with E-state index in [0.29, 0.717) is 12.1 Å². The molecule has 0 fully saturated rings. The lowest BCUT2D eigenvalue weighted by Gasteiger charge is -2.34. The molecule has 0 radical (unpaired) electrons. The van der Waals surface area contributed by atoms with Crippen LogP contribution in [0.3, 0.4) is 0 Å². The Balaban J connectivity index is 1.99. The molecule has 0 spiro atoms. The summed E-state index contributed by atoms with van der Waals surface area (Å²) in [5.74, 6) is -2.15. The van der Waals surface area contributed by atoms with Crippen LogP contribution < -0.4 is 0 Å². The van der Waals surface area contributed by atoms with Crippen molar-refractivity contribution in [2.24, 2.45) is 5.92 Å². The van der Waals surface area contributed by atoms with Crippen LogP contribution in [0.25, 0.3) is 11.1 Å². The van der Waals surface area contributed by atoms with Gasteiger partial charge in [0.25, 0.3) is 0 Å². The van der Waals surface area contributed by atoms with Crippen LogP contribution in [0, 0.1) is 5.92 Å². The first-order chi connectivity index (χ1) is 16.4. The Morgan fingerprint density at radius 1 is 0.941 bits per heavy atom. The van der Waals surface area contributed by atoms with Gasteiger partial charge in [-0.15, -0.1) is 0 Å². The van der Waals surface area contributed by atoms with Crippen LogP contribution in [0.2, 0.25) is 0 Å². The number of ketones is 1. The zero-order valence-electron chi connectivity index (χ0n) is 19.6. The molecule has 2 unspecified atom stereocenters. The predicted molar refractivity (Wildman–Crippen MR) is 130 cm³/mol. The molecule has 1 aromatic heterocycles. The molecule has 0 saturated heterocycles. The lowest BCUT2D eigenvalue weighted by molar-refractivity contribution is -0.148. The molecule has 0 aliphatic carbocycles. The molecule has 178 valence electrons. The molecule has 2 aromatic carbocycles. The van der Waals surface area contributed by atoms with Crippen LogP contribution in [-0.4, -0.2) is 34.4 Å². The van der Waals surface area contributed by atoms with Crippen molar-refractivity contribution in [2.75, 3.05) is 6.61 Å². The van der Waals surface area contributed by atoms with E-state index in [1.807, 2.05) is 66.7 Å². The Labute approximate surface area is 200 Å². The average molecular weight is 462 g/mol. The lowest BCUT2D eigenvalue weighted by Crippen LogP contribution is -2.42. The topological polar surface area (TPSA) is 96.5 Å². The van der Waals surface area contributed by atoms with Crippen molar-refractivity contribution in [1.29, 1.82) is 0 Å². The largest absolute Gasteiger partial charge is 0.481 e. The van der Waals surface area contributed by atoms with Crippen LogP contribution in [-0.2, 0) is 31.0 Å². The molecule has 0 saturated carbocycles. The van der Waals surface area contributed by atoms with Crippen molar-refractivity contribution >= 4 is 17.7 Å². The summed E-state index contributed by atoms with van der Waals surface area (Å²) in [5.41, 5.74) is 2.67. The van der Waals surface area contributed by atoms with Gasteiger partial charge in [0.05, 0.1) is 24.4 Å². The van der Waals surface area contributed by atoms with Crippen molar-refractivity contribution in [1.82, 2.24) is 4.98 Å². The number of esters is 1. The molecule has 2 N–H and O–H groups in total. The third kappa shape index (κ3) is 6.01. The highest BCUT2D eigenvalue weighted by Gasteiger charge is 2.43. The molecule has 0 amide bonds. The number of rotatable bonds is 12. The zero-order valence-corrected chi connectivity index (χ0v) is 19.6. The highest BCUT2D eigenvalue weighted by molar-refractivity contribution is 5.92. The van der Waals surface area contributed by atoms with E-state index in [9.17, 15) is 19.5 Å². The number of H-pyrrole nitrogens is 1. The number of Topliss-reactive ketones (excluding diaryl/α,β-unsaturated/α-hetero) is 1. The van der Waals surface area contributed by atoms with E-state index in [1.165, 1.54) is 0 Å². The fourth-order valence-corrected chi connectivity index (χ4v) is 4.41. The SMILES string of the molecule is CCOC(=O)C(C)CC(Cc1ccc(-c2ccccc2)cc1)(C(=O)CCC(=O)O)c1ccc[nH]1. The van der Waals surface area contributed by atoms with Gasteiger partial charge in [-0.05, 0) is 48.6 Å². The molecule has 0 aliphatic heterocycles. The average Bonchev–Trinajstić information content (AvgIpc) is 3.38. The van der Waals surface area contributed by atoms with Crippen LogP contribution in [0.15, 0.2) is 72.9 Å². The number of carbonyl (C=O) groups is 3. The first-order valence-corrected chi connectivity index (χ1v) is 11.6. The highest BCUT2D eigenvalue weighted by atomic mass is 16.5. The molecule has 6 nitrogen and oxygen atoms in total. The molecular formula is C28H31NO5. The summed E-state index contributed by atoms with van der Waals surface area (Å²) >= 11 is 0. The lowest BCUT2D eigenvalue weighted by atomic mass is 9.68. The van der Waals surface area contributed by atoms with Gasteiger partial charge in [-0.2, -0.15) is 0 Å². The number of hydrogen-bond acceptors (Lipinski definition) is 4. The number of nitrogens with one attached hydrogen (secondary N) is 1. The maximum absolute atomic E-state index is 13.6. The Morgan fingerprint density at radius 3 is 2.21 bits per heavy atom. The fourth-order valence-electron chi connectivity index (χ4n) is 4.41. The number of aromatic amines is 1. The molecule has 0 bridgehead atoms. The second-order valence-corrected chi connectivity index (χ2v) is 8.58. The molecule has 0 aliphatic rings. The third-order valence-corrected chi connectivity index (χ3v) is 6.12. The van der Waals surface area contributed by atoms with Gasteiger partial charge in [0.1, 0.15) is 5.78 Å². The van der Waals surface area contributed by atoms with Crippen LogP contribution in [0.4, 0.5) is 0 Å². The number of aliphatic carboxylic acids is 1. The number of carboxylic acid groups (broad SMARTS) is 1. The Bertz CT molecular complexity index is 1090. The van der Waals surface area contributed by atoms with Crippen molar-refractivity contribution in [3.8, 4) is 11.1 Å². The van der Waals surface area contributed by atoms with Crippen LogP contribution in [0.1, 0.15) is 44.4 Å². The van der Waals surface area contributed by atoms with Gasteiger partial charge in [-0.3, -0.25) is 14.4 Å². The number of aromatic nitrogens is 1. The first-order valence-electron chi connectivity index (χ1n) is 11.6. The summed E-state index contributed by atoms with van der Waals surface area (Å²) in [6.07, 6.45) is 1.91. The Morgan fingerprint density at radius 2 is 1.62 bits per heavy atom. The van der Waals surface area contributed by atoms with E-state index < -0.39 is 17.3 Å². The maximum atomic E-state index is 13.6. The summed E-state index contributed by atoms with van der Waals surface area (Å²) in [4.78, 5) is 40.5. The van der Waals surface area contributed by atoms with Gasteiger partial charge in [-0.1, -0.05) is 61.5 Å². The number of carbonyl (C=O) groups excluding carboxylic acids is 2. The third-order valence-electron chi connectivity index (χ3n) is 6.12. The molecule has 2 atom stereocenters. The van der Waals surface area contributed by atoms with Gasteiger partial charge < -0.3 is 14.8 Å². The molecule has 3 rings (SSSR count). The highest BCUT2D eigenvalue weighted by Crippen LogP contribution is 2.37. The minimum Gasteiger partial charge on any atom is -0.481 e. The zero-order chi connectivity index (χ0) is 24.6. The van der Waals surface area contributed by atoms with Crippen LogP contribution >= 0.6 is 0 Å². The quantitative estimate of drug-likeness (QED) is 0.362. The van der Waals surface area contributed by atoms with E-state index >= 15 is 0 Å². The minimum atomic E-state index is -1.08. The Kier molecular flexibility index (Phi) is 8.41. The molecule has 6 heteroatoms. The first kappa shape index (κ1) is 25.0. The van der Waals surface area contributed by atoms with E-state index in [0.717, 1.165) is 16.7 Å². The fraction of sp³-hybridized carbons (Fsp3) is 0.321. The smallest absolute Gasteiger partial charge is 0.308 e. The summed E-state index contributed by atoms with van der Waals surface area (Å²) in [5, 5.41) is 9.19. The number of carboxylic acids is 1. The Hall–Kier alpha value is -3.67. The standard InChI is InChI=1S/C28H31NO5/c1-3-34-27(33)20(2)18-28(24-10-7-17-29-24,25(30)15-16-26(31)32)19-21-11-13-23(14-12-21)22-8-5-4-6-9-22/h4-14,17,20,29H,3,15-16,18-19H2,1-2H3,(H,31,32). The number of ether oxygens (including phenoxy) is 1. The van der Waals surface area contributed by atoms with Crippen molar-refractivity contribution in [2.45, 2.75) is 44.9 Å². The molecular weight excluding hydrogens is 430 g/mol. The van der Waals surface area contributed by atoms with Gasteiger partial charge in [-0.25, -0.2) is 0 Å². The summed E-state index contributed by atoms with van der Waals surface area (Å²) in [6.45, 7) is 3.75. The van der Waals surface area contributed by atoms with E-state index in [-0.39, 0.29) is 37.6 Å². The second kappa shape index (κ2) is 11.5. The maximum Gasteiger partial charge on any atom is 0.308 e. The number of hydrogen-bond donors (Lipinski definition) is 2. The van der Waals surface area contributed by atoms with E-state index in [2.05, 4.69) is 4.98 Å². The molecule has 34 heavy (non-hydrogen) atoms. The monoisotopic (exact) mass is 461 g/mol.